The average molecular weight is 344 g/mol. The van der Waals surface area contributed by atoms with E-state index >= 15 is 0 Å². The fourth-order valence-electron chi connectivity index (χ4n) is 2.55. The molecular formula is C19H24N2O4. The van der Waals surface area contributed by atoms with E-state index in [9.17, 15) is 9.59 Å². The van der Waals surface area contributed by atoms with Crippen LogP contribution in [-0.2, 0) is 4.74 Å². The van der Waals surface area contributed by atoms with Gasteiger partial charge in [-0.2, -0.15) is 0 Å². The first-order chi connectivity index (χ1) is 11.8. The molecular weight excluding hydrogens is 320 g/mol. The Morgan fingerprint density at radius 1 is 1.16 bits per heavy atom. The zero-order chi connectivity index (χ0) is 18.6. The number of hydrogen-bond acceptors (Lipinski definition) is 4. The van der Waals surface area contributed by atoms with Crippen molar-refractivity contribution in [1.29, 1.82) is 0 Å². The maximum absolute atomic E-state index is 12.5. The van der Waals surface area contributed by atoms with Crippen molar-refractivity contribution in [2.24, 2.45) is 0 Å². The maximum atomic E-state index is 12.5. The largest absolute Gasteiger partial charge is 0.494 e. The minimum absolute atomic E-state index is 0.220. The Hall–Kier alpha value is -2.76. The molecule has 2 aromatic rings. The molecule has 2 rings (SSSR count). The van der Waals surface area contributed by atoms with E-state index in [2.05, 4.69) is 10.3 Å². The molecule has 6 nitrogen and oxygen atoms in total. The average Bonchev–Trinajstić information content (AvgIpc) is 2.83. The summed E-state index contributed by atoms with van der Waals surface area (Å²) in [4.78, 5) is 27.7. The lowest BCUT2D eigenvalue weighted by molar-refractivity contribution is 0.0376. The molecule has 6 heteroatoms. The van der Waals surface area contributed by atoms with E-state index in [-0.39, 0.29) is 12.0 Å². The Morgan fingerprint density at radius 2 is 1.80 bits per heavy atom. The van der Waals surface area contributed by atoms with Gasteiger partial charge in [-0.05, 0) is 64.4 Å². The van der Waals surface area contributed by atoms with Crippen LogP contribution in [0.4, 0.5) is 5.69 Å². The zero-order valence-electron chi connectivity index (χ0n) is 15.2. The summed E-state index contributed by atoms with van der Waals surface area (Å²) in [7, 11) is 0. The number of esters is 1. The van der Waals surface area contributed by atoms with E-state index in [0.29, 0.717) is 34.8 Å². The van der Waals surface area contributed by atoms with Gasteiger partial charge in [0.25, 0.3) is 5.91 Å². The van der Waals surface area contributed by atoms with Crippen molar-refractivity contribution < 1.29 is 19.1 Å². The number of aryl methyl sites for hydroxylation is 1. The predicted molar refractivity (Wildman–Crippen MR) is 96.4 cm³/mol. The van der Waals surface area contributed by atoms with Crippen molar-refractivity contribution in [2.45, 2.75) is 40.7 Å². The van der Waals surface area contributed by atoms with Gasteiger partial charge in [0, 0.05) is 11.4 Å². The van der Waals surface area contributed by atoms with Crippen LogP contribution < -0.4 is 10.1 Å². The number of benzene rings is 1. The Morgan fingerprint density at radius 3 is 2.36 bits per heavy atom. The second-order valence-electron chi connectivity index (χ2n) is 5.99. The van der Waals surface area contributed by atoms with E-state index in [1.54, 1.807) is 52.0 Å². The van der Waals surface area contributed by atoms with Gasteiger partial charge in [0.15, 0.2) is 0 Å². The van der Waals surface area contributed by atoms with Crippen molar-refractivity contribution >= 4 is 17.6 Å². The summed E-state index contributed by atoms with van der Waals surface area (Å²) >= 11 is 0. The summed E-state index contributed by atoms with van der Waals surface area (Å²) in [5.74, 6) is 0.000777. The first-order valence-electron chi connectivity index (χ1n) is 8.27. The summed E-state index contributed by atoms with van der Waals surface area (Å²) in [6.45, 7) is 9.55. The van der Waals surface area contributed by atoms with Crippen molar-refractivity contribution in [3.63, 3.8) is 0 Å². The number of aromatic nitrogens is 1. The van der Waals surface area contributed by atoms with Gasteiger partial charge < -0.3 is 19.8 Å². The molecule has 0 aliphatic heterocycles. The van der Waals surface area contributed by atoms with E-state index < -0.39 is 5.97 Å². The number of ether oxygens (including phenoxy) is 2. The molecule has 0 aliphatic carbocycles. The molecule has 0 bridgehead atoms. The van der Waals surface area contributed by atoms with Crippen LogP contribution in [0.3, 0.4) is 0 Å². The predicted octanol–water partition coefficient (Wildman–Crippen LogP) is 3.85. The van der Waals surface area contributed by atoms with Crippen molar-refractivity contribution in [2.75, 3.05) is 11.9 Å². The Kier molecular flexibility index (Phi) is 5.85. The number of hydrogen-bond donors (Lipinski definition) is 2. The Labute approximate surface area is 147 Å². The maximum Gasteiger partial charge on any atom is 0.340 e. The minimum atomic E-state index is -0.429. The lowest BCUT2D eigenvalue weighted by Crippen LogP contribution is -2.15. The number of rotatable bonds is 6. The summed E-state index contributed by atoms with van der Waals surface area (Å²) in [5.41, 5.74) is 2.59. The zero-order valence-corrected chi connectivity index (χ0v) is 15.2. The molecule has 1 amide bonds. The monoisotopic (exact) mass is 344 g/mol. The number of anilines is 1. The van der Waals surface area contributed by atoms with Gasteiger partial charge >= 0.3 is 5.97 Å². The summed E-state index contributed by atoms with van der Waals surface area (Å²) in [5, 5.41) is 2.81. The number of aromatic amines is 1. The third-order valence-electron chi connectivity index (χ3n) is 3.63. The minimum Gasteiger partial charge on any atom is -0.494 e. The highest BCUT2D eigenvalue weighted by Crippen LogP contribution is 2.22. The summed E-state index contributed by atoms with van der Waals surface area (Å²) < 4.78 is 10.6. The van der Waals surface area contributed by atoms with E-state index in [1.807, 2.05) is 6.92 Å². The third kappa shape index (κ3) is 4.41. The molecule has 0 radical (unpaired) electrons. The molecule has 1 aromatic heterocycles. The van der Waals surface area contributed by atoms with Crippen LogP contribution >= 0.6 is 0 Å². The number of nitrogens with one attached hydrogen (secondary N) is 2. The first kappa shape index (κ1) is 18.6. The fourth-order valence-corrected chi connectivity index (χ4v) is 2.55. The second-order valence-corrected chi connectivity index (χ2v) is 5.99. The van der Waals surface area contributed by atoms with Crippen LogP contribution in [0.2, 0.25) is 0 Å². The second kappa shape index (κ2) is 7.88. The van der Waals surface area contributed by atoms with Crippen LogP contribution in [-0.4, -0.2) is 29.6 Å². The van der Waals surface area contributed by atoms with Crippen LogP contribution in [0.5, 0.6) is 5.75 Å². The van der Waals surface area contributed by atoms with Crippen LogP contribution in [0.1, 0.15) is 52.9 Å². The Balaban J connectivity index is 2.18. The van der Waals surface area contributed by atoms with Crippen molar-refractivity contribution in [3.8, 4) is 5.75 Å². The highest BCUT2D eigenvalue weighted by Gasteiger charge is 2.23. The van der Waals surface area contributed by atoms with Gasteiger partial charge in [-0.15, -0.1) is 0 Å². The SMILES string of the molecule is CCOc1ccc(NC(=O)c2[nH]c(C)c(C(=O)OC(C)C)c2C)cc1. The first-order valence-corrected chi connectivity index (χ1v) is 8.27. The van der Waals surface area contributed by atoms with Gasteiger partial charge in [0.2, 0.25) is 0 Å². The quantitative estimate of drug-likeness (QED) is 0.780. The molecule has 1 aromatic carbocycles. The van der Waals surface area contributed by atoms with Gasteiger partial charge in [-0.1, -0.05) is 0 Å². The van der Waals surface area contributed by atoms with Crippen LogP contribution in [0.15, 0.2) is 24.3 Å². The molecule has 0 fully saturated rings. The van der Waals surface area contributed by atoms with Crippen molar-refractivity contribution in [3.05, 3.63) is 46.8 Å². The molecule has 2 N–H and O–H groups in total. The molecule has 0 aliphatic rings. The van der Waals surface area contributed by atoms with Gasteiger partial charge in [0.1, 0.15) is 11.4 Å². The van der Waals surface area contributed by atoms with Crippen LogP contribution in [0.25, 0.3) is 0 Å². The highest BCUT2D eigenvalue weighted by molar-refractivity contribution is 6.06. The third-order valence-corrected chi connectivity index (χ3v) is 3.63. The molecule has 0 spiro atoms. The summed E-state index contributed by atoms with van der Waals surface area (Å²) in [6, 6.07) is 7.11. The highest BCUT2D eigenvalue weighted by atomic mass is 16.5. The lowest BCUT2D eigenvalue weighted by atomic mass is 10.1. The molecule has 0 saturated heterocycles. The fraction of sp³-hybridized carbons (Fsp3) is 0.368. The Bertz CT molecular complexity index is 760. The lowest BCUT2D eigenvalue weighted by Gasteiger charge is -2.09. The molecule has 0 atom stereocenters. The normalized spacial score (nSPS) is 10.6. The van der Waals surface area contributed by atoms with Gasteiger partial charge in [0.05, 0.1) is 18.3 Å². The molecule has 0 unspecified atom stereocenters. The van der Waals surface area contributed by atoms with Gasteiger partial charge in [-0.25, -0.2) is 4.79 Å². The van der Waals surface area contributed by atoms with E-state index in [4.69, 9.17) is 9.47 Å². The van der Waals surface area contributed by atoms with E-state index in [0.717, 1.165) is 5.75 Å². The van der Waals surface area contributed by atoms with Gasteiger partial charge in [-0.3, -0.25) is 4.79 Å². The number of amides is 1. The standard InChI is InChI=1S/C19H24N2O4/c1-6-24-15-9-7-14(8-10-15)21-18(22)17-12(4)16(13(5)20-17)19(23)25-11(2)3/h7-11,20H,6H2,1-5H3,(H,21,22). The van der Waals surface area contributed by atoms with E-state index in [1.165, 1.54) is 0 Å². The topological polar surface area (TPSA) is 80.4 Å². The number of H-pyrrole nitrogens is 1. The molecule has 25 heavy (non-hydrogen) atoms. The summed E-state index contributed by atoms with van der Waals surface area (Å²) in [6.07, 6.45) is -0.220. The molecule has 134 valence electrons. The van der Waals surface area contributed by atoms with Crippen molar-refractivity contribution in [1.82, 2.24) is 4.98 Å². The molecule has 0 saturated carbocycles. The number of carbonyl (C=O) groups is 2. The smallest absolute Gasteiger partial charge is 0.340 e. The number of carbonyl (C=O) groups excluding carboxylic acids is 2. The van der Waals surface area contributed by atoms with Crippen LogP contribution in [0, 0.1) is 13.8 Å². The molecule has 1 heterocycles.